The molecule has 0 fully saturated rings. The minimum Gasteiger partial charge on any atom is -0.320 e. The number of nitrogens with zero attached hydrogens (tertiary/aromatic N) is 1. The number of hydrogen-bond acceptors (Lipinski definition) is 2. The summed E-state index contributed by atoms with van der Waals surface area (Å²) < 4.78 is 0.756. The summed E-state index contributed by atoms with van der Waals surface area (Å²) in [6.07, 6.45) is 3.13. The molecule has 2 rings (SSSR count). The SMILES string of the molecule is Cc1cccc(Cl)c1NC(=O)c1cncc(Br)c1. The third-order valence-corrected chi connectivity index (χ3v) is 3.18. The Morgan fingerprint density at radius 3 is 2.83 bits per heavy atom. The average Bonchev–Trinajstić information content (AvgIpc) is 2.34. The molecule has 1 aromatic heterocycles. The van der Waals surface area contributed by atoms with Crippen molar-refractivity contribution in [2.75, 3.05) is 5.32 Å². The summed E-state index contributed by atoms with van der Waals surface area (Å²) in [7, 11) is 0. The molecule has 1 aromatic carbocycles. The molecule has 0 spiro atoms. The quantitative estimate of drug-likeness (QED) is 0.905. The van der Waals surface area contributed by atoms with Crippen LogP contribution in [0.1, 0.15) is 15.9 Å². The molecule has 92 valence electrons. The van der Waals surface area contributed by atoms with Gasteiger partial charge in [0.1, 0.15) is 0 Å². The van der Waals surface area contributed by atoms with Crippen LogP contribution in [0.3, 0.4) is 0 Å². The van der Waals surface area contributed by atoms with Gasteiger partial charge in [-0.3, -0.25) is 9.78 Å². The zero-order chi connectivity index (χ0) is 13.1. The van der Waals surface area contributed by atoms with E-state index >= 15 is 0 Å². The summed E-state index contributed by atoms with van der Waals surface area (Å²) in [4.78, 5) is 16.0. The first-order chi connectivity index (χ1) is 8.58. The normalized spacial score (nSPS) is 10.2. The largest absolute Gasteiger partial charge is 0.320 e. The summed E-state index contributed by atoms with van der Waals surface area (Å²) in [5.41, 5.74) is 2.02. The van der Waals surface area contributed by atoms with E-state index < -0.39 is 0 Å². The zero-order valence-corrected chi connectivity index (χ0v) is 11.9. The molecule has 1 N–H and O–H groups in total. The van der Waals surface area contributed by atoms with E-state index in [1.807, 2.05) is 19.1 Å². The molecule has 18 heavy (non-hydrogen) atoms. The number of carbonyl (C=O) groups excluding carboxylic acids is 1. The topological polar surface area (TPSA) is 42.0 Å². The lowest BCUT2D eigenvalue weighted by molar-refractivity contribution is 0.102. The van der Waals surface area contributed by atoms with E-state index in [1.54, 1.807) is 18.3 Å². The molecule has 1 heterocycles. The number of aromatic nitrogens is 1. The van der Waals surface area contributed by atoms with Gasteiger partial charge < -0.3 is 5.32 Å². The molecular formula is C13H10BrClN2O. The Morgan fingerprint density at radius 2 is 2.17 bits per heavy atom. The number of benzene rings is 1. The minimum atomic E-state index is -0.236. The lowest BCUT2D eigenvalue weighted by Gasteiger charge is -2.10. The van der Waals surface area contributed by atoms with Gasteiger partial charge in [-0.2, -0.15) is 0 Å². The maximum Gasteiger partial charge on any atom is 0.257 e. The van der Waals surface area contributed by atoms with Crippen molar-refractivity contribution >= 4 is 39.1 Å². The van der Waals surface area contributed by atoms with Crippen LogP contribution < -0.4 is 5.32 Å². The van der Waals surface area contributed by atoms with Crippen molar-refractivity contribution in [1.29, 1.82) is 0 Å². The van der Waals surface area contributed by atoms with Gasteiger partial charge in [0.15, 0.2) is 0 Å². The zero-order valence-electron chi connectivity index (χ0n) is 9.58. The number of pyridine rings is 1. The molecular weight excluding hydrogens is 316 g/mol. The molecule has 3 nitrogen and oxygen atoms in total. The monoisotopic (exact) mass is 324 g/mol. The third kappa shape index (κ3) is 2.89. The molecule has 0 bridgehead atoms. The molecule has 0 aliphatic heterocycles. The maximum absolute atomic E-state index is 12.0. The van der Waals surface area contributed by atoms with Crippen molar-refractivity contribution in [3.63, 3.8) is 0 Å². The van der Waals surface area contributed by atoms with Crippen molar-refractivity contribution in [3.05, 3.63) is 57.3 Å². The fourth-order valence-corrected chi connectivity index (χ4v) is 2.15. The van der Waals surface area contributed by atoms with Gasteiger partial charge in [0.05, 0.1) is 16.3 Å². The van der Waals surface area contributed by atoms with E-state index in [4.69, 9.17) is 11.6 Å². The Kier molecular flexibility index (Phi) is 3.99. The molecule has 0 aliphatic carbocycles. The molecule has 1 amide bonds. The summed E-state index contributed by atoms with van der Waals surface area (Å²) >= 11 is 9.33. The second kappa shape index (κ2) is 5.50. The number of amides is 1. The molecule has 5 heteroatoms. The van der Waals surface area contributed by atoms with Crippen LogP contribution in [0.25, 0.3) is 0 Å². The van der Waals surface area contributed by atoms with Crippen LogP contribution in [0.2, 0.25) is 5.02 Å². The number of rotatable bonds is 2. The molecule has 0 saturated carbocycles. The summed E-state index contributed by atoms with van der Waals surface area (Å²) in [6.45, 7) is 1.89. The van der Waals surface area contributed by atoms with Crippen LogP contribution in [0.5, 0.6) is 0 Å². The number of nitrogens with one attached hydrogen (secondary N) is 1. The first kappa shape index (κ1) is 13.1. The first-order valence-corrected chi connectivity index (χ1v) is 6.42. The van der Waals surface area contributed by atoms with Crippen molar-refractivity contribution in [1.82, 2.24) is 4.98 Å². The van der Waals surface area contributed by atoms with Crippen LogP contribution in [0, 0.1) is 6.92 Å². The Morgan fingerprint density at radius 1 is 1.39 bits per heavy atom. The van der Waals surface area contributed by atoms with Gasteiger partial charge in [0.25, 0.3) is 5.91 Å². The Hall–Kier alpha value is -1.39. The minimum absolute atomic E-state index is 0.236. The summed E-state index contributed by atoms with van der Waals surface area (Å²) in [5, 5.41) is 3.31. The van der Waals surface area contributed by atoms with Crippen molar-refractivity contribution in [2.24, 2.45) is 0 Å². The van der Waals surface area contributed by atoms with Crippen molar-refractivity contribution < 1.29 is 4.79 Å². The van der Waals surface area contributed by atoms with Crippen LogP contribution in [-0.4, -0.2) is 10.9 Å². The Bertz CT molecular complexity index is 581. The number of para-hydroxylation sites is 1. The van der Waals surface area contributed by atoms with Gasteiger partial charge in [-0.1, -0.05) is 23.7 Å². The van der Waals surface area contributed by atoms with Crippen LogP contribution in [-0.2, 0) is 0 Å². The first-order valence-electron chi connectivity index (χ1n) is 5.25. The number of aryl methyl sites for hydroxylation is 1. The second-order valence-corrected chi connectivity index (χ2v) is 5.10. The highest BCUT2D eigenvalue weighted by molar-refractivity contribution is 9.10. The number of halogens is 2. The number of carbonyl (C=O) groups is 1. The number of hydrogen-bond donors (Lipinski definition) is 1. The van der Waals surface area contributed by atoms with E-state index in [-0.39, 0.29) is 5.91 Å². The highest BCUT2D eigenvalue weighted by Crippen LogP contribution is 2.25. The Labute approximate surface area is 118 Å². The molecule has 0 radical (unpaired) electrons. The second-order valence-electron chi connectivity index (χ2n) is 3.78. The van der Waals surface area contributed by atoms with E-state index in [0.29, 0.717) is 16.3 Å². The van der Waals surface area contributed by atoms with Gasteiger partial charge in [0.2, 0.25) is 0 Å². The van der Waals surface area contributed by atoms with Crippen LogP contribution in [0.4, 0.5) is 5.69 Å². The van der Waals surface area contributed by atoms with E-state index in [2.05, 4.69) is 26.2 Å². The lowest BCUT2D eigenvalue weighted by Crippen LogP contribution is -2.13. The van der Waals surface area contributed by atoms with Crippen LogP contribution in [0.15, 0.2) is 41.1 Å². The fraction of sp³-hybridized carbons (Fsp3) is 0.0769. The van der Waals surface area contributed by atoms with Gasteiger partial charge in [-0.05, 0) is 40.5 Å². The van der Waals surface area contributed by atoms with E-state index in [1.165, 1.54) is 6.20 Å². The summed E-state index contributed by atoms with van der Waals surface area (Å²) in [6, 6.07) is 7.17. The standard InChI is InChI=1S/C13H10BrClN2O/c1-8-3-2-4-11(15)12(8)17-13(18)9-5-10(14)7-16-6-9/h2-7H,1H3,(H,17,18). The Balaban J connectivity index is 2.27. The summed E-state index contributed by atoms with van der Waals surface area (Å²) in [5.74, 6) is -0.236. The predicted molar refractivity (Wildman–Crippen MR) is 76.1 cm³/mol. The smallest absolute Gasteiger partial charge is 0.257 e. The molecule has 0 unspecified atom stereocenters. The highest BCUT2D eigenvalue weighted by Gasteiger charge is 2.10. The van der Waals surface area contributed by atoms with Crippen molar-refractivity contribution in [3.8, 4) is 0 Å². The molecule has 2 aromatic rings. The van der Waals surface area contributed by atoms with Gasteiger partial charge >= 0.3 is 0 Å². The van der Waals surface area contributed by atoms with Crippen LogP contribution >= 0.6 is 27.5 Å². The van der Waals surface area contributed by atoms with Crippen molar-refractivity contribution in [2.45, 2.75) is 6.92 Å². The average molecular weight is 326 g/mol. The highest BCUT2D eigenvalue weighted by atomic mass is 79.9. The predicted octanol–water partition coefficient (Wildman–Crippen LogP) is 4.06. The van der Waals surface area contributed by atoms with Gasteiger partial charge in [-0.25, -0.2) is 0 Å². The van der Waals surface area contributed by atoms with Gasteiger partial charge in [0, 0.05) is 16.9 Å². The molecule has 0 atom stereocenters. The maximum atomic E-state index is 12.0. The van der Waals surface area contributed by atoms with Gasteiger partial charge in [-0.15, -0.1) is 0 Å². The van der Waals surface area contributed by atoms with E-state index in [0.717, 1.165) is 10.0 Å². The molecule has 0 aliphatic rings. The third-order valence-electron chi connectivity index (χ3n) is 2.43. The van der Waals surface area contributed by atoms with E-state index in [9.17, 15) is 4.79 Å². The fourth-order valence-electron chi connectivity index (χ4n) is 1.51. The molecule has 0 saturated heterocycles. The number of anilines is 1. The lowest BCUT2D eigenvalue weighted by atomic mass is 10.2.